The Morgan fingerprint density at radius 2 is 1.96 bits per heavy atom. The number of carbonyl (C=O) groups is 1. The number of amides is 1. The van der Waals surface area contributed by atoms with Crippen LogP contribution in [0.5, 0.6) is 5.75 Å². The lowest BCUT2D eigenvalue weighted by Crippen LogP contribution is -2.34. The van der Waals surface area contributed by atoms with Crippen LogP contribution in [0.3, 0.4) is 0 Å². The third kappa shape index (κ3) is 6.23. The minimum Gasteiger partial charge on any atom is -0.490 e. The Morgan fingerprint density at radius 3 is 2.61 bits per heavy atom. The second-order valence-corrected chi connectivity index (χ2v) is 7.49. The molecule has 148 valence electrons. The van der Waals surface area contributed by atoms with Crippen molar-refractivity contribution >= 4 is 66.5 Å². The maximum Gasteiger partial charge on any atom is 0.270 e. The summed E-state index contributed by atoms with van der Waals surface area (Å²) < 4.78 is 11.6. The zero-order valence-corrected chi connectivity index (χ0v) is 18.5. The molecule has 0 unspecified atom stereocenters. The molecule has 0 bridgehead atoms. The summed E-state index contributed by atoms with van der Waals surface area (Å²) in [6.07, 6.45) is 0. The van der Waals surface area contributed by atoms with Crippen molar-refractivity contribution in [2.45, 2.75) is 0 Å². The van der Waals surface area contributed by atoms with E-state index in [0.29, 0.717) is 27.0 Å². The molecular weight excluding hydrogens is 518 g/mol. The van der Waals surface area contributed by atoms with E-state index in [0.717, 1.165) is 0 Å². The molecule has 0 fully saturated rings. The molecule has 2 N–H and O–H groups in total. The van der Waals surface area contributed by atoms with Gasteiger partial charge in [-0.3, -0.25) is 20.2 Å². The lowest BCUT2D eigenvalue weighted by atomic mass is 10.2. The van der Waals surface area contributed by atoms with Crippen LogP contribution in [0.2, 0.25) is 0 Å². The molecule has 0 aromatic heterocycles. The van der Waals surface area contributed by atoms with Crippen molar-refractivity contribution in [2.75, 3.05) is 25.6 Å². The lowest BCUT2D eigenvalue weighted by molar-refractivity contribution is -0.384. The summed E-state index contributed by atoms with van der Waals surface area (Å²) in [5, 5.41) is 16.2. The largest absolute Gasteiger partial charge is 0.490 e. The number of benzene rings is 2. The van der Waals surface area contributed by atoms with Gasteiger partial charge in [0.2, 0.25) is 0 Å². The molecule has 0 radical (unpaired) electrons. The maximum absolute atomic E-state index is 12.6. The molecule has 2 aromatic carbocycles. The molecule has 0 spiro atoms. The number of carbonyl (C=O) groups excluding carboxylic acids is 1. The maximum atomic E-state index is 12.6. The molecule has 28 heavy (non-hydrogen) atoms. The summed E-state index contributed by atoms with van der Waals surface area (Å²) in [7, 11) is 1.55. The van der Waals surface area contributed by atoms with Gasteiger partial charge in [-0.05, 0) is 52.4 Å². The van der Waals surface area contributed by atoms with E-state index in [1.165, 1.54) is 18.2 Å². The van der Waals surface area contributed by atoms with E-state index in [-0.39, 0.29) is 23.0 Å². The predicted molar refractivity (Wildman–Crippen MR) is 116 cm³/mol. The van der Waals surface area contributed by atoms with Crippen LogP contribution < -0.4 is 15.4 Å². The molecular formula is C17H15Br2N3O5S. The van der Waals surface area contributed by atoms with Crippen LogP contribution in [0.1, 0.15) is 10.4 Å². The molecule has 0 aliphatic rings. The summed E-state index contributed by atoms with van der Waals surface area (Å²) in [6.45, 7) is 0.669. The first-order chi connectivity index (χ1) is 13.3. The summed E-state index contributed by atoms with van der Waals surface area (Å²) in [5.74, 6) is -0.0821. The van der Waals surface area contributed by atoms with Crippen LogP contribution in [0, 0.1) is 10.1 Å². The fraction of sp³-hybridized carbons (Fsp3) is 0.176. The first-order valence-corrected chi connectivity index (χ1v) is 9.79. The first kappa shape index (κ1) is 22.2. The van der Waals surface area contributed by atoms with Crippen LogP contribution >= 0.6 is 44.1 Å². The SMILES string of the molecule is COCCOc1ccc(Br)cc1C(=O)NC(=S)Nc1ccc([N+](=O)[O-])cc1Br. The number of hydrogen-bond acceptors (Lipinski definition) is 6. The van der Waals surface area contributed by atoms with E-state index in [1.807, 2.05) is 0 Å². The highest BCUT2D eigenvalue weighted by molar-refractivity contribution is 9.10. The van der Waals surface area contributed by atoms with Crippen molar-refractivity contribution in [2.24, 2.45) is 0 Å². The number of nitro groups is 1. The number of non-ortho nitro benzene ring substituents is 1. The number of nitrogens with one attached hydrogen (secondary N) is 2. The highest BCUT2D eigenvalue weighted by Gasteiger charge is 2.16. The van der Waals surface area contributed by atoms with E-state index >= 15 is 0 Å². The summed E-state index contributed by atoms with van der Waals surface area (Å²) in [4.78, 5) is 22.9. The summed E-state index contributed by atoms with van der Waals surface area (Å²) in [5.41, 5.74) is 0.693. The molecule has 2 aromatic rings. The van der Waals surface area contributed by atoms with E-state index in [2.05, 4.69) is 42.5 Å². The number of thiocarbonyl (C=S) groups is 1. The number of nitro benzene ring substituents is 1. The van der Waals surface area contributed by atoms with Crippen LogP contribution in [0.15, 0.2) is 45.3 Å². The number of rotatable bonds is 7. The van der Waals surface area contributed by atoms with Gasteiger partial charge in [-0.2, -0.15) is 0 Å². The van der Waals surface area contributed by atoms with Crippen molar-refractivity contribution in [1.82, 2.24) is 5.32 Å². The van der Waals surface area contributed by atoms with Crippen LogP contribution in [0.25, 0.3) is 0 Å². The van der Waals surface area contributed by atoms with E-state index < -0.39 is 10.8 Å². The number of halogens is 2. The molecule has 0 aliphatic heterocycles. The number of anilines is 1. The van der Waals surface area contributed by atoms with Crippen molar-refractivity contribution in [3.05, 3.63) is 61.0 Å². The minimum atomic E-state index is -0.507. The van der Waals surface area contributed by atoms with E-state index in [4.69, 9.17) is 21.7 Å². The molecule has 8 nitrogen and oxygen atoms in total. The predicted octanol–water partition coefficient (Wildman–Crippen LogP) is 4.27. The zero-order valence-electron chi connectivity index (χ0n) is 14.5. The molecule has 0 saturated heterocycles. The van der Waals surface area contributed by atoms with Crippen molar-refractivity contribution in [1.29, 1.82) is 0 Å². The van der Waals surface area contributed by atoms with Crippen LogP contribution in [-0.4, -0.2) is 36.3 Å². The van der Waals surface area contributed by atoms with Gasteiger partial charge in [0.1, 0.15) is 12.4 Å². The Balaban J connectivity index is 2.09. The Bertz CT molecular complexity index is 910. The molecule has 0 saturated carbocycles. The summed E-state index contributed by atoms with van der Waals surface area (Å²) >= 11 is 11.7. The van der Waals surface area contributed by atoms with Gasteiger partial charge in [-0.1, -0.05) is 15.9 Å². The second-order valence-electron chi connectivity index (χ2n) is 5.31. The number of methoxy groups -OCH3 is 1. The molecule has 0 atom stereocenters. The fourth-order valence-corrected chi connectivity index (χ4v) is 3.11. The topological polar surface area (TPSA) is 103 Å². The Kier molecular flexibility index (Phi) is 8.30. The van der Waals surface area contributed by atoms with E-state index in [9.17, 15) is 14.9 Å². The van der Waals surface area contributed by atoms with Gasteiger partial charge in [0.25, 0.3) is 11.6 Å². The quantitative estimate of drug-likeness (QED) is 0.237. The highest BCUT2D eigenvalue weighted by atomic mass is 79.9. The van der Waals surface area contributed by atoms with Crippen LogP contribution in [-0.2, 0) is 4.74 Å². The van der Waals surface area contributed by atoms with Gasteiger partial charge in [0, 0.05) is 28.2 Å². The van der Waals surface area contributed by atoms with Gasteiger partial charge in [0.15, 0.2) is 5.11 Å². The smallest absolute Gasteiger partial charge is 0.270 e. The molecule has 0 aliphatic carbocycles. The molecule has 1 amide bonds. The number of ether oxygens (including phenoxy) is 2. The molecule has 0 heterocycles. The molecule has 2 rings (SSSR count). The second kappa shape index (κ2) is 10.5. The normalized spacial score (nSPS) is 10.2. The standard InChI is InChI=1S/C17H15Br2N3O5S/c1-26-6-7-27-15-5-2-10(18)8-12(15)16(23)21-17(28)20-14-4-3-11(22(24)25)9-13(14)19/h2-5,8-9H,6-7H2,1H3,(H2,20,21,23,28). The lowest BCUT2D eigenvalue weighted by Gasteiger charge is -2.14. The Morgan fingerprint density at radius 1 is 1.21 bits per heavy atom. The zero-order chi connectivity index (χ0) is 20.7. The van der Waals surface area contributed by atoms with Crippen LogP contribution in [0.4, 0.5) is 11.4 Å². The first-order valence-electron chi connectivity index (χ1n) is 7.79. The monoisotopic (exact) mass is 531 g/mol. The Labute approximate surface area is 183 Å². The number of nitrogens with zero attached hydrogens (tertiary/aromatic N) is 1. The van der Waals surface area contributed by atoms with Gasteiger partial charge in [0.05, 0.1) is 22.8 Å². The van der Waals surface area contributed by atoms with Gasteiger partial charge in [-0.25, -0.2) is 0 Å². The van der Waals surface area contributed by atoms with E-state index in [1.54, 1.807) is 25.3 Å². The fourth-order valence-electron chi connectivity index (χ4n) is 2.08. The average Bonchev–Trinajstić information content (AvgIpc) is 2.64. The Hall–Kier alpha value is -2.08. The minimum absolute atomic E-state index is 0.0300. The van der Waals surface area contributed by atoms with Crippen molar-refractivity contribution < 1.29 is 19.2 Å². The van der Waals surface area contributed by atoms with Gasteiger partial charge < -0.3 is 14.8 Å². The number of hydrogen-bond donors (Lipinski definition) is 2. The third-order valence-electron chi connectivity index (χ3n) is 3.37. The third-order valence-corrected chi connectivity index (χ3v) is 4.72. The van der Waals surface area contributed by atoms with Gasteiger partial charge >= 0.3 is 0 Å². The summed E-state index contributed by atoms with van der Waals surface area (Å²) in [6, 6.07) is 9.18. The molecule has 11 heteroatoms. The average molecular weight is 533 g/mol. The van der Waals surface area contributed by atoms with Gasteiger partial charge in [-0.15, -0.1) is 0 Å². The highest BCUT2D eigenvalue weighted by Crippen LogP contribution is 2.27. The van der Waals surface area contributed by atoms with Crippen molar-refractivity contribution in [3.63, 3.8) is 0 Å². The van der Waals surface area contributed by atoms with Crippen molar-refractivity contribution in [3.8, 4) is 5.75 Å².